The molecule has 0 radical (unpaired) electrons. The van der Waals surface area contributed by atoms with Gasteiger partial charge in [0.05, 0.1) is 26.6 Å². The van der Waals surface area contributed by atoms with Crippen molar-refractivity contribution in [2.75, 3.05) is 65.8 Å². The SMILES string of the molecule is COc1cccc(C(=O)NCCN(CCN2CCOCC2)S(C)(=O)=O)c1. The molecule has 1 aromatic carbocycles. The van der Waals surface area contributed by atoms with Crippen LogP contribution in [0.3, 0.4) is 0 Å². The van der Waals surface area contributed by atoms with Gasteiger partial charge in [-0.05, 0) is 18.2 Å². The highest BCUT2D eigenvalue weighted by Gasteiger charge is 2.19. The Labute approximate surface area is 155 Å². The van der Waals surface area contributed by atoms with E-state index in [4.69, 9.17) is 9.47 Å². The van der Waals surface area contributed by atoms with Gasteiger partial charge in [-0.1, -0.05) is 6.07 Å². The lowest BCUT2D eigenvalue weighted by Gasteiger charge is -2.29. The first-order valence-corrected chi connectivity index (χ1v) is 10.4. The van der Waals surface area contributed by atoms with Crippen LogP contribution in [0.4, 0.5) is 0 Å². The summed E-state index contributed by atoms with van der Waals surface area (Å²) < 4.78 is 35.8. The number of rotatable bonds is 9. The summed E-state index contributed by atoms with van der Waals surface area (Å²) in [6.45, 7) is 4.50. The van der Waals surface area contributed by atoms with Crippen molar-refractivity contribution in [1.82, 2.24) is 14.5 Å². The Balaban J connectivity index is 1.83. The van der Waals surface area contributed by atoms with Crippen molar-refractivity contribution >= 4 is 15.9 Å². The lowest BCUT2D eigenvalue weighted by Crippen LogP contribution is -2.44. The minimum Gasteiger partial charge on any atom is -0.497 e. The highest BCUT2D eigenvalue weighted by molar-refractivity contribution is 7.88. The molecule has 1 aliphatic heterocycles. The maximum atomic E-state index is 12.2. The van der Waals surface area contributed by atoms with Crippen molar-refractivity contribution in [2.45, 2.75) is 0 Å². The predicted octanol–water partition coefficient (Wildman–Crippen LogP) is 0.0188. The fraction of sp³-hybridized carbons (Fsp3) is 0.588. The third-order valence-electron chi connectivity index (χ3n) is 4.22. The van der Waals surface area contributed by atoms with Crippen molar-refractivity contribution in [3.8, 4) is 5.75 Å². The number of morpholine rings is 1. The first-order valence-electron chi connectivity index (χ1n) is 8.57. The number of methoxy groups -OCH3 is 1. The topological polar surface area (TPSA) is 88.2 Å². The Hall–Kier alpha value is -1.68. The maximum Gasteiger partial charge on any atom is 0.251 e. The first kappa shape index (κ1) is 20.6. The van der Waals surface area contributed by atoms with Crippen LogP contribution in [0.5, 0.6) is 5.75 Å². The molecule has 8 nitrogen and oxygen atoms in total. The molecule has 2 rings (SSSR count). The molecule has 1 amide bonds. The van der Waals surface area contributed by atoms with Crippen LogP contribution in [0.25, 0.3) is 0 Å². The number of sulfonamides is 1. The standard InChI is InChI=1S/C17H27N3O5S/c1-24-16-5-3-4-15(14-16)17(21)18-6-7-20(26(2,22)23)9-8-19-10-12-25-13-11-19/h3-5,14H,6-13H2,1-2H3,(H,18,21). The second kappa shape index (κ2) is 9.86. The lowest BCUT2D eigenvalue weighted by atomic mass is 10.2. The summed E-state index contributed by atoms with van der Waals surface area (Å²) in [6, 6.07) is 6.82. The predicted molar refractivity (Wildman–Crippen MR) is 99.0 cm³/mol. The second-order valence-corrected chi connectivity index (χ2v) is 8.09. The minimum atomic E-state index is -3.33. The summed E-state index contributed by atoms with van der Waals surface area (Å²) in [5.41, 5.74) is 0.476. The van der Waals surface area contributed by atoms with E-state index in [9.17, 15) is 13.2 Å². The molecule has 0 spiro atoms. The number of carbonyl (C=O) groups is 1. The van der Waals surface area contributed by atoms with Crippen LogP contribution in [0.1, 0.15) is 10.4 Å². The normalized spacial score (nSPS) is 15.8. The van der Waals surface area contributed by atoms with Crippen LogP contribution in [0, 0.1) is 0 Å². The molecule has 1 aromatic rings. The highest BCUT2D eigenvalue weighted by atomic mass is 32.2. The molecule has 1 heterocycles. The molecular formula is C17H27N3O5S. The van der Waals surface area contributed by atoms with E-state index in [-0.39, 0.29) is 19.0 Å². The largest absolute Gasteiger partial charge is 0.497 e. The van der Waals surface area contributed by atoms with Crippen molar-refractivity contribution in [3.05, 3.63) is 29.8 Å². The molecule has 0 saturated carbocycles. The van der Waals surface area contributed by atoms with Crippen molar-refractivity contribution in [1.29, 1.82) is 0 Å². The summed E-state index contributed by atoms with van der Waals surface area (Å²) >= 11 is 0. The summed E-state index contributed by atoms with van der Waals surface area (Å²) in [6.07, 6.45) is 1.19. The van der Waals surface area contributed by atoms with Gasteiger partial charge in [-0.15, -0.1) is 0 Å². The van der Waals surface area contributed by atoms with E-state index in [1.165, 1.54) is 17.7 Å². The molecule has 1 N–H and O–H groups in total. The quantitative estimate of drug-likeness (QED) is 0.645. The molecule has 0 atom stereocenters. The van der Waals surface area contributed by atoms with Gasteiger partial charge < -0.3 is 14.8 Å². The van der Waals surface area contributed by atoms with Crippen LogP contribution in [0.2, 0.25) is 0 Å². The van der Waals surface area contributed by atoms with E-state index in [0.29, 0.717) is 37.6 Å². The van der Waals surface area contributed by atoms with Crippen LogP contribution >= 0.6 is 0 Å². The van der Waals surface area contributed by atoms with Gasteiger partial charge in [0.1, 0.15) is 5.75 Å². The third kappa shape index (κ3) is 6.56. The van der Waals surface area contributed by atoms with E-state index >= 15 is 0 Å². The third-order valence-corrected chi connectivity index (χ3v) is 5.52. The highest BCUT2D eigenvalue weighted by Crippen LogP contribution is 2.12. The van der Waals surface area contributed by atoms with Gasteiger partial charge in [0.25, 0.3) is 5.91 Å². The zero-order valence-corrected chi connectivity index (χ0v) is 16.1. The summed E-state index contributed by atoms with van der Waals surface area (Å²) in [5, 5.41) is 2.76. The number of nitrogens with zero attached hydrogens (tertiary/aromatic N) is 2. The smallest absolute Gasteiger partial charge is 0.251 e. The van der Waals surface area contributed by atoms with Crippen molar-refractivity contribution in [2.24, 2.45) is 0 Å². The molecule has 9 heteroatoms. The lowest BCUT2D eigenvalue weighted by molar-refractivity contribution is 0.0363. The van der Waals surface area contributed by atoms with E-state index in [1.807, 2.05) is 0 Å². The van der Waals surface area contributed by atoms with E-state index in [1.54, 1.807) is 24.3 Å². The van der Waals surface area contributed by atoms with Crippen LogP contribution in [-0.4, -0.2) is 89.4 Å². The number of amides is 1. The molecule has 26 heavy (non-hydrogen) atoms. The number of carbonyl (C=O) groups excluding carboxylic acids is 1. The first-order chi connectivity index (χ1) is 12.4. The molecule has 0 aromatic heterocycles. The molecule has 1 saturated heterocycles. The Kier molecular flexibility index (Phi) is 7.83. The molecule has 0 aliphatic carbocycles. The molecular weight excluding hydrogens is 358 g/mol. The minimum absolute atomic E-state index is 0.235. The van der Waals surface area contributed by atoms with Crippen LogP contribution in [0.15, 0.2) is 24.3 Å². The van der Waals surface area contributed by atoms with E-state index < -0.39 is 10.0 Å². The summed E-state index contributed by atoms with van der Waals surface area (Å²) in [4.78, 5) is 14.4. The van der Waals surface area contributed by atoms with Gasteiger partial charge in [-0.25, -0.2) is 8.42 Å². The summed E-state index contributed by atoms with van der Waals surface area (Å²) in [7, 11) is -1.80. The van der Waals surface area contributed by atoms with Gasteiger partial charge in [-0.3, -0.25) is 9.69 Å². The average Bonchev–Trinajstić information content (AvgIpc) is 2.64. The molecule has 0 bridgehead atoms. The fourth-order valence-electron chi connectivity index (χ4n) is 2.68. The number of benzene rings is 1. The zero-order chi connectivity index (χ0) is 19.0. The Morgan fingerprint density at radius 1 is 1.31 bits per heavy atom. The van der Waals surface area contributed by atoms with Gasteiger partial charge in [-0.2, -0.15) is 4.31 Å². The average molecular weight is 385 g/mol. The zero-order valence-electron chi connectivity index (χ0n) is 15.3. The van der Waals surface area contributed by atoms with Gasteiger partial charge in [0, 0.05) is 44.8 Å². The van der Waals surface area contributed by atoms with Crippen molar-refractivity contribution < 1.29 is 22.7 Å². The molecule has 0 unspecified atom stereocenters. The Morgan fingerprint density at radius 2 is 2.04 bits per heavy atom. The van der Waals surface area contributed by atoms with Crippen molar-refractivity contribution in [3.63, 3.8) is 0 Å². The van der Waals surface area contributed by atoms with Gasteiger partial charge in [0.2, 0.25) is 10.0 Å². The molecule has 146 valence electrons. The number of nitrogens with one attached hydrogen (secondary N) is 1. The molecule has 1 fully saturated rings. The second-order valence-electron chi connectivity index (χ2n) is 6.10. The van der Waals surface area contributed by atoms with Gasteiger partial charge in [0.15, 0.2) is 0 Å². The molecule has 1 aliphatic rings. The maximum absolute atomic E-state index is 12.2. The number of hydrogen-bond donors (Lipinski definition) is 1. The van der Waals surface area contributed by atoms with E-state index in [2.05, 4.69) is 10.2 Å². The van der Waals surface area contributed by atoms with Gasteiger partial charge >= 0.3 is 0 Å². The van der Waals surface area contributed by atoms with Crippen LogP contribution in [-0.2, 0) is 14.8 Å². The Morgan fingerprint density at radius 3 is 2.69 bits per heavy atom. The monoisotopic (exact) mass is 385 g/mol. The van der Waals surface area contributed by atoms with Crippen LogP contribution < -0.4 is 10.1 Å². The fourth-order valence-corrected chi connectivity index (χ4v) is 3.52. The number of ether oxygens (including phenoxy) is 2. The summed E-state index contributed by atoms with van der Waals surface area (Å²) in [5.74, 6) is 0.339. The van der Waals surface area contributed by atoms with E-state index in [0.717, 1.165) is 13.1 Å². The number of hydrogen-bond acceptors (Lipinski definition) is 6. The Bertz CT molecular complexity index is 689.